The number of pyridine rings is 1. The summed E-state index contributed by atoms with van der Waals surface area (Å²) in [7, 11) is 1.68. The zero-order chi connectivity index (χ0) is 14.5. The van der Waals surface area contributed by atoms with Crippen molar-refractivity contribution in [3.05, 3.63) is 29.1 Å². The van der Waals surface area contributed by atoms with Gasteiger partial charge in [0.2, 0.25) is 0 Å². The summed E-state index contributed by atoms with van der Waals surface area (Å²) >= 11 is 0. The van der Waals surface area contributed by atoms with E-state index in [9.17, 15) is 4.79 Å². The number of aryl methyl sites for hydroxylation is 2. The summed E-state index contributed by atoms with van der Waals surface area (Å²) < 4.78 is 5.17. The maximum Gasteiger partial charge on any atom is 0.317 e. The van der Waals surface area contributed by atoms with Crippen LogP contribution in [-0.2, 0) is 11.3 Å². The third-order valence-corrected chi connectivity index (χ3v) is 3.78. The van der Waals surface area contributed by atoms with Crippen LogP contribution in [0.15, 0.2) is 12.3 Å². The van der Waals surface area contributed by atoms with E-state index in [0.29, 0.717) is 13.2 Å². The molecule has 0 unspecified atom stereocenters. The number of urea groups is 1. The first-order chi connectivity index (χ1) is 9.61. The fourth-order valence-electron chi connectivity index (χ4n) is 2.65. The van der Waals surface area contributed by atoms with Gasteiger partial charge in [0.05, 0.1) is 12.6 Å². The molecule has 2 rings (SSSR count). The average molecular weight is 277 g/mol. The Labute approximate surface area is 120 Å². The Kier molecular flexibility index (Phi) is 4.95. The lowest BCUT2D eigenvalue weighted by atomic mass is 10.1. The van der Waals surface area contributed by atoms with Crippen LogP contribution in [0.4, 0.5) is 4.79 Å². The summed E-state index contributed by atoms with van der Waals surface area (Å²) in [6, 6.07) is 2.23. The van der Waals surface area contributed by atoms with Crippen LogP contribution in [0.2, 0.25) is 0 Å². The molecular formula is C15H23N3O2. The molecule has 2 amide bonds. The number of methoxy groups -OCH3 is 1. The number of likely N-dealkylation sites (tertiary alicyclic amines) is 1. The molecule has 20 heavy (non-hydrogen) atoms. The minimum Gasteiger partial charge on any atom is -0.383 e. The molecule has 1 aromatic heterocycles. The van der Waals surface area contributed by atoms with Crippen molar-refractivity contribution in [1.82, 2.24) is 15.2 Å². The van der Waals surface area contributed by atoms with Crippen molar-refractivity contribution < 1.29 is 9.53 Å². The first-order valence-electron chi connectivity index (χ1n) is 7.07. The molecule has 0 aliphatic carbocycles. The van der Waals surface area contributed by atoms with E-state index in [-0.39, 0.29) is 12.1 Å². The first kappa shape index (κ1) is 14.8. The molecule has 1 aromatic rings. The third-order valence-electron chi connectivity index (χ3n) is 3.78. The molecule has 5 heteroatoms. The van der Waals surface area contributed by atoms with E-state index in [1.54, 1.807) is 7.11 Å². The van der Waals surface area contributed by atoms with Gasteiger partial charge in [-0.25, -0.2) is 4.79 Å². The molecule has 0 aromatic carbocycles. The van der Waals surface area contributed by atoms with E-state index >= 15 is 0 Å². The lowest BCUT2D eigenvalue weighted by molar-refractivity contribution is 0.123. The average Bonchev–Trinajstić information content (AvgIpc) is 2.86. The van der Waals surface area contributed by atoms with Crippen LogP contribution in [-0.4, -0.2) is 42.2 Å². The molecule has 1 atom stereocenters. The van der Waals surface area contributed by atoms with Gasteiger partial charge < -0.3 is 15.0 Å². The van der Waals surface area contributed by atoms with Crippen LogP contribution in [0.25, 0.3) is 0 Å². The van der Waals surface area contributed by atoms with E-state index in [4.69, 9.17) is 4.74 Å². The van der Waals surface area contributed by atoms with Gasteiger partial charge in [0.25, 0.3) is 0 Å². The zero-order valence-corrected chi connectivity index (χ0v) is 12.5. The fraction of sp³-hybridized carbons (Fsp3) is 0.600. The molecule has 110 valence electrons. The smallest absolute Gasteiger partial charge is 0.317 e. The van der Waals surface area contributed by atoms with Gasteiger partial charge >= 0.3 is 6.03 Å². The summed E-state index contributed by atoms with van der Waals surface area (Å²) in [6.07, 6.45) is 3.90. The highest BCUT2D eigenvalue weighted by Gasteiger charge is 2.28. The highest BCUT2D eigenvalue weighted by Crippen LogP contribution is 2.17. The number of nitrogens with zero attached hydrogens (tertiary/aromatic N) is 2. The summed E-state index contributed by atoms with van der Waals surface area (Å²) in [5, 5.41) is 2.98. The zero-order valence-electron chi connectivity index (χ0n) is 12.5. The summed E-state index contributed by atoms with van der Waals surface area (Å²) in [5.74, 6) is 0. The molecule has 1 N–H and O–H groups in total. The van der Waals surface area contributed by atoms with Crippen LogP contribution in [0.5, 0.6) is 0 Å². The Balaban J connectivity index is 1.91. The number of hydrogen-bond acceptors (Lipinski definition) is 3. The highest BCUT2D eigenvalue weighted by molar-refractivity contribution is 5.74. The molecule has 0 bridgehead atoms. The standard InChI is InChI=1S/C15H23N3O2/c1-11-7-12(2)16-8-13(11)9-17-15(19)18-6-4-5-14(18)10-20-3/h7-8,14H,4-6,9-10H2,1-3H3,(H,17,19)/t14-/m0/s1. The van der Waals surface area contributed by atoms with Gasteiger partial charge in [0.1, 0.15) is 0 Å². The molecule has 0 radical (unpaired) electrons. The molecule has 1 fully saturated rings. The van der Waals surface area contributed by atoms with Crippen LogP contribution in [0.1, 0.15) is 29.7 Å². The van der Waals surface area contributed by atoms with Crippen molar-refractivity contribution in [2.24, 2.45) is 0 Å². The van der Waals surface area contributed by atoms with Gasteiger partial charge in [-0.2, -0.15) is 0 Å². The van der Waals surface area contributed by atoms with Gasteiger partial charge in [-0.3, -0.25) is 4.98 Å². The fourth-order valence-corrected chi connectivity index (χ4v) is 2.65. The number of carbonyl (C=O) groups is 1. The first-order valence-corrected chi connectivity index (χ1v) is 7.07. The summed E-state index contributed by atoms with van der Waals surface area (Å²) in [4.78, 5) is 18.4. The Morgan fingerprint density at radius 3 is 3.05 bits per heavy atom. The van der Waals surface area contributed by atoms with Gasteiger partial charge in [0, 0.05) is 32.1 Å². The number of carbonyl (C=O) groups excluding carboxylic acids is 1. The van der Waals surface area contributed by atoms with E-state index in [0.717, 1.165) is 36.2 Å². The van der Waals surface area contributed by atoms with Crippen molar-refractivity contribution in [3.8, 4) is 0 Å². The monoisotopic (exact) mass is 277 g/mol. The third kappa shape index (κ3) is 3.48. The Bertz CT molecular complexity index is 476. The second kappa shape index (κ2) is 6.70. The van der Waals surface area contributed by atoms with Crippen LogP contribution in [0, 0.1) is 13.8 Å². The largest absolute Gasteiger partial charge is 0.383 e. The molecule has 0 saturated carbocycles. The normalized spacial score (nSPS) is 18.4. The molecule has 2 heterocycles. The molecule has 1 aliphatic heterocycles. The second-order valence-electron chi connectivity index (χ2n) is 5.36. The van der Waals surface area contributed by atoms with Crippen LogP contribution in [0.3, 0.4) is 0 Å². The second-order valence-corrected chi connectivity index (χ2v) is 5.36. The van der Waals surface area contributed by atoms with Crippen molar-refractivity contribution >= 4 is 6.03 Å². The van der Waals surface area contributed by atoms with Gasteiger partial charge in [-0.1, -0.05) is 0 Å². The van der Waals surface area contributed by atoms with Crippen LogP contribution < -0.4 is 5.32 Å². The number of nitrogens with one attached hydrogen (secondary N) is 1. The summed E-state index contributed by atoms with van der Waals surface area (Å²) in [6.45, 7) is 5.95. The molecule has 1 saturated heterocycles. The van der Waals surface area contributed by atoms with Crippen molar-refractivity contribution in [2.45, 2.75) is 39.3 Å². The molecule has 1 aliphatic rings. The minimum absolute atomic E-state index is 0.00970. The maximum atomic E-state index is 12.2. The van der Waals surface area contributed by atoms with E-state index < -0.39 is 0 Å². The van der Waals surface area contributed by atoms with E-state index in [1.807, 2.05) is 31.0 Å². The number of ether oxygens (including phenoxy) is 1. The topological polar surface area (TPSA) is 54.5 Å². The highest BCUT2D eigenvalue weighted by atomic mass is 16.5. The predicted molar refractivity (Wildman–Crippen MR) is 77.6 cm³/mol. The van der Waals surface area contributed by atoms with Gasteiger partial charge in [-0.15, -0.1) is 0 Å². The quantitative estimate of drug-likeness (QED) is 0.916. The van der Waals surface area contributed by atoms with Gasteiger partial charge in [-0.05, 0) is 43.9 Å². The van der Waals surface area contributed by atoms with Crippen molar-refractivity contribution in [1.29, 1.82) is 0 Å². The van der Waals surface area contributed by atoms with Crippen molar-refractivity contribution in [2.75, 3.05) is 20.3 Å². The Morgan fingerprint density at radius 2 is 2.35 bits per heavy atom. The van der Waals surface area contributed by atoms with E-state index in [1.165, 1.54) is 0 Å². The molecule has 5 nitrogen and oxygen atoms in total. The Hall–Kier alpha value is -1.62. The van der Waals surface area contributed by atoms with Crippen molar-refractivity contribution in [3.63, 3.8) is 0 Å². The van der Waals surface area contributed by atoms with E-state index in [2.05, 4.69) is 10.3 Å². The van der Waals surface area contributed by atoms with Gasteiger partial charge in [0.15, 0.2) is 0 Å². The predicted octanol–water partition coefficient (Wildman–Crippen LogP) is 2.02. The summed E-state index contributed by atoms with van der Waals surface area (Å²) in [5.41, 5.74) is 3.22. The maximum absolute atomic E-state index is 12.2. The number of aromatic nitrogens is 1. The lowest BCUT2D eigenvalue weighted by Gasteiger charge is -2.24. The number of hydrogen-bond donors (Lipinski definition) is 1. The number of amides is 2. The lowest BCUT2D eigenvalue weighted by Crippen LogP contribution is -2.44. The minimum atomic E-state index is -0.00970. The molecular weight excluding hydrogens is 254 g/mol. The SMILES string of the molecule is COC[C@@H]1CCCN1C(=O)NCc1cnc(C)cc1C. The molecule has 0 spiro atoms. The Morgan fingerprint density at radius 1 is 1.55 bits per heavy atom. The van der Waals surface area contributed by atoms with Crippen LogP contribution >= 0.6 is 0 Å². The number of rotatable bonds is 4.